The minimum Gasteiger partial charge on any atom is -0.396 e. The molecule has 20 heavy (non-hydrogen) atoms. The smallest absolute Gasteiger partial charge is 0.321 e. The highest BCUT2D eigenvalue weighted by Gasteiger charge is 2.12. The van der Waals surface area contributed by atoms with Crippen molar-refractivity contribution in [2.24, 2.45) is 0 Å². The number of pyridine rings is 1. The Balaban J connectivity index is 2.02. The molecular formula is C12H16BrN5O2. The first-order valence-corrected chi connectivity index (χ1v) is 7.12. The summed E-state index contributed by atoms with van der Waals surface area (Å²) in [5, 5.41) is 18.4. The van der Waals surface area contributed by atoms with Crippen molar-refractivity contribution in [1.82, 2.24) is 19.9 Å². The molecule has 2 amide bonds. The van der Waals surface area contributed by atoms with Crippen molar-refractivity contribution < 1.29 is 9.90 Å². The molecule has 0 saturated carbocycles. The molecule has 0 saturated heterocycles. The quantitative estimate of drug-likeness (QED) is 0.772. The van der Waals surface area contributed by atoms with Crippen LogP contribution in [0.5, 0.6) is 0 Å². The van der Waals surface area contributed by atoms with Gasteiger partial charge in [0.25, 0.3) is 5.95 Å². The molecule has 0 aliphatic heterocycles. The number of halogens is 1. The Morgan fingerprint density at radius 1 is 1.55 bits per heavy atom. The van der Waals surface area contributed by atoms with Gasteiger partial charge in [-0.3, -0.25) is 5.32 Å². The molecule has 0 spiro atoms. The molecule has 7 nitrogen and oxygen atoms in total. The maximum atomic E-state index is 11.8. The summed E-state index contributed by atoms with van der Waals surface area (Å²) < 4.78 is 2.45. The van der Waals surface area contributed by atoms with E-state index in [1.807, 2.05) is 13.0 Å². The third-order valence-corrected chi connectivity index (χ3v) is 3.29. The van der Waals surface area contributed by atoms with Gasteiger partial charge in [-0.2, -0.15) is 4.98 Å². The van der Waals surface area contributed by atoms with Crippen LogP contribution in [0.1, 0.15) is 19.8 Å². The molecule has 2 aromatic rings. The Morgan fingerprint density at radius 3 is 3.05 bits per heavy atom. The summed E-state index contributed by atoms with van der Waals surface area (Å²) in [7, 11) is 0. The van der Waals surface area contributed by atoms with Crippen molar-refractivity contribution in [3.8, 4) is 0 Å². The van der Waals surface area contributed by atoms with Crippen molar-refractivity contribution in [2.45, 2.75) is 25.8 Å². The summed E-state index contributed by atoms with van der Waals surface area (Å²) in [6.45, 7) is 1.99. The van der Waals surface area contributed by atoms with Crippen molar-refractivity contribution in [3.63, 3.8) is 0 Å². The molecule has 0 aliphatic rings. The Labute approximate surface area is 124 Å². The fourth-order valence-electron chi connectivity index (χ4n) is 1.77. The zero-order chi connectivity index (χ0) is 14.5. The Kier molecular flexibility index (Phi) is 4.91. The molecule has 0 aromatic carbocycles. The third-order valence-electron chi connectivity index (χ3n) is 2.83. The molecule has 3 N–H and O–H groups in total. The highest BCUT2D eigenvalue weighted by Crippen LogP contribution is 2.12. The number of fused-ring (bicyclic) bond motifs is 1. The van der Waals surface area contributed by atoms with Crippen LogP contribution in [0.2, 0.25) is 0 Å². The van der Waals surface area contributed by atoms with E-state index in [9.17, 15) is 4.79 Å². The van der Waals surface area contributed by atoms with Crippen LogP contribution in [0.4, 0.5) is 10.7 Å². The Hall–Kier alpha value is -1.67. The standard InChI is InChI=1S/C12H16BrN5O2/c1-2-9(5-6-19)14-12(20)16-11-15-10-4-3-8(13)7-18(10)17-11/h3-4,7,9,19H,2,5-6H2,1H3,(H2,14,16,17,20). The first-order chi connectivity index (χ1) is 9.62. The lowest BCUT2D eigenvalue weighted by molar-refractivity contribution is 0.237. The van der Waals surface area contributed by atoms with Gasteiger partial charge in [0, 0.05) is 23.3 Å². The van der Waals surface area contributed by atoms with Gasteiger partial charge < -0.3 is 10.4 Å². The van der Waals surface area contributed by atoms with Crippen molar-refractivity contribution in [3.05, 3.63) is 22.8 Å². The van der Waals surface area contributed by atoms with Crippen LogP contribution in [0.3, 0.4) is 0 Å². The monoisotopic (exact) mass is 341 g/mol. The molecule has 108 valence electrons. The van der Waals surface area contributed by atoms with Crippen LogP contribution in [-0.4, -0.2) is 38.4 Å². The molecule has 0 aliphatic carbocycles. The molecule has 0 radical (unpaired) electrons. The number of urea groups is 1. The summed E-state index contributed by atoms with van der Waals surface area (Å²) in [6.07, 6.45) is 3.03. The number of amides is 2. The molecule has 2 heterocycles. The van der Waals surface area contributed by atoms with E-state index in [1.54, 1.807) is 16.8 Å². The molecule has 1 unspecified atom stereocenters. The number of hydrogen-bond donors (Lipinski definition) is 3. The highest BCUT2D eigenvalue weighted by atomic mass is 79.9. The zero-order valence-electron chi connectivity index (χ0n) is 11.0. The number of rotatable bonds is 5. The molecule has 8 heteroatoms. The van der Waals surface area contributed by atoms with Gasteiger partial charge in [0.15, 0.2) is 5.65 Å². The second kappa shape index (κ2) is 6.67. The predicted molar refractivity (Wildman–Crippen MR) is 78.6 cm³/mol. The second-order valence-electron chi connectivity index (χ2n) is 4.30. The molecule has 2 rings (SSSR count). The summed E-state index contributed by atoms with van der Waals surface area (Å²) in [5.74, 6) is 0.236. The van der Waals surface area contributed by atoms with Gasteiger partial charge in [0.2, 0.25) is 0 Å². The molecule has 0 fully saturated rings. The lowest BCUT2D eigenvalue weighted by atomic mass is 10.2. The van der Waals surface area contributed by atoms with E-state index in [4.69, 9.17) is 5.11 Å². The summed E-state index contributed by atoms with van der Waals surface area (Å²) in [6, 6.07) is 3.20. The number of hydrogen-bond acceptors (Lipinski definition) is 4. The highest BCUT2D eigenvalue weighted by molar-refractivity contribution is 9.10. The SMILES string of the molecule is CCC(CCO)NC(=O)Nc1nc2ccc(Br)cn2n1. The van der Waals surface area contributed by atoms with Crippen LogP contribution < -0.4 is 10.6 Å². The van der Waals surface area contributed by atoms with Gasteiger partial charge in [-0.25, -0.2) is 9.31 Å². The van der Waals surface area contributed by atoms with Crippen LogP contribution in [0, 0.1) is 0 Å². The van der Waals surface area contributed by atoms with E-state index >= 15 is 0 Å². The van der Waals surface area contributed by atoms with E-state index in [1.165, 1.54) is 0 Å². The number of carbonyl (C=O) groups is 1. The van der Waals surface area contributed by atoms with Crippen LogP contribution in [0.25, 0.3) is 5.65 Å². The predicted octanol–water partition coefficient (Wildman–Crippen LogP) is 1.77. The van der Waals surface area contributed by atoms with Crippen molar-refractivity contribution >= 4 is 33.6 Å². The lowest BCUT2D eigenvalue weighted by Crippen LogP contribution is -2.38. The van der Waals surface area contributed by atoms with Gasteiger partial charge in [-0.15, -0.1) is 5.10 Å². The number of carbonyl (C=O) groups excluding carboxylic acids is 1. The first kappa shape index (κ1) is 14.7. The number of aliphatic hydroxyl groups is 1. The van der Waals surface area contributed by atoms with Gasteiger partial charge in [-0.05, 0) is 40.9 Å². The minimum atomic E-state index is -0.375. The number of anilines is 1. The van der Waals surface area contributed by atoms with Crippen LogP contribution in [0.15, 0.2) is 22.8 Å². The van der Waals surface area contributed by atoms with E-state index < -0.39 is 0 Å². The van der Waals surface area contributed by atoms with E-state index in [-0.39, 0.29) is 24.6 Å². The molecule has 0 bridgehead atoms. The lowest BCUT2D eigenvalue weighted by Gasteiger charge is -2.15. The van der Waals surface area contributed by atoms with Gasteiger partial charge in [0.1, 0.15) is 0 Å². The normalized spacial score (nSPS) is 12.3. The topological polar surface area (TPSA) is 91.5 Å². The minimum absolute atomic E-state index is 0.0411. The maximum absolute atomic E-state index is 11.8. The molecule has 2 aromatic heterocycles. The van der Waals surface area contributed by atoms with Crippen LogP contribution in [-0.2, 0) is 0 Å². The van der Waals surface area contributed by atoms with Crippen LogP contribution >= 0.6 is 15.9 Å². The van der Waals surface area contributed by atoms with E-state index in [0.29, 0.717) is 12.1 Å². The summed E-state index contributed by atoms with van der Waals surface area (Å²) in [5.41, 5.74) is 0.644. The summed E-state index contributed by atoms with van der Waals surface area (Å²) in [4.78, 5) is 16.0. The fraction of sp³-hybridized carbons (Fsp3) is 0.417. The number of nitrogens with one attached hydrogen (secondary N) is 2. The van der Waals surface area contributed by atoms with Crippen molar-refractivity contribution in [1.29, 1.82) is 0 Å². The van der Waals surface area contributed by atoms with Gasteiger partial charge in [-0.1, -0.05) is 6.92 Å². The Bertz CT molecular complexity index is 601. The maximum Gasteiger partial charge on any atom is 0.321 e. The second-order valence-corrected chi connectivity index (χ2v) is 5.22. The number of aromatic nitrogens is 3. The average Bonchev–Trinajstić information content (AvgIpc) is 2.79. The fourth-order valence-corrected chi connectivity index (χ4v) is 2.09. The molecule has 1 atom stereocenters. The summed E-state index contributed by atoms with van der Waals surface area (Å²) >= 11 is 3.34. The van der Waals surface area contributed by atoms with Gasteiger partial charge in [0.05, 0.1) is 0 Å². The Morgan fingerprint density at radius 2 is 2.35 bits per heavy atom. The third kappa shape index (κ3) is 3.67. The average molecular weight is 342 g/mol. The first-order valence-electron chi connectivity index (χ1n) is 6.32. The van der Waals surface area contributed by atoms with Crippen molar-refractivity contribution in [2.75, 3.05) is 11.9 Å². The number of nitrogens with zero attached hydrogens (tertiary/aromatic N) is 3. The van der Waals surface area contributed by atoms with E-state index in [2.05, 4.69) is 36.6 Å². The molecular weight excluding hydrogens is 326 g/mol. The van der Waals surface area contributed by atoms with Gasteiger partial charge >= 0.3 is 6.03 Å². The number of aliphatic hydroxyl groups excluding tert-OH is 1. The van der Waals surface area contributed by atoms with E-state index in [0.717, 1.165) is 10.9 Å². The largest absolute Gasteiger partial charge is 0.396 e. The zero-order valence-corrected chi connectivity index (χ0v) is 12.6.